The second kappa shape index (κ2) is 6.86. The highest BCUT2D eigenvalue weighted by Gasteiger charge is 2.15. The van der Waals surface area contributed by atoms with Gasteiger partial charge >= 0.3 is 5.97 Å². The second-order valence-corrected chi connectivity index (χ2v) is 4.13. The molecule has 0 aliphatic carbocycles. The van der Waals surface area contributed by atoms with Gasteiger partial charge in [0.05, 0.1) is 0 Å². The molecule has 0 saturated carbocycles. The first kappa shape index (κ1) is 13.5. The number of ether oxygens (including phenoxy) is 1. The van der Waals surface area contributed by atoms with E-state index in [1.54, 1.807) is 0 Å². The molecule has 1 atom stereocenters. The van der Waals surface area contributed by atoms with Crippen molar-refractivity contribution >= 4 is 5.97 Å². The van der Waals surface area contributed by atoms with Crippen molar-refractivity contribution in [1.29, 1.82) is 0 Å². The van der Waals surface area contributed by atoms with Gasteiger partial charge in [-0.25, -0.2) is 4.79 Å². The number of carbonyl (C=O) groups is 1. The van der Waals surface area contributed by atoms with Gasteiger partial charge in [-0.1, -0.05) is 36.9 Å². The third kappa shape index (κ3) is 4.83. The number of nitrogens with zero attached hydrogens (tertiary/aromatic N) is 1. The van der Waals surface area contributed by atoms with Crippen molar-refractivity contribution in [2.24, 2.45) is 0 Å². The van der Waals surface area contributed by atoms with E-state index in [1.807, 2.05) is 44.4 Å². The molecule has 0 N–H and O–H groups in total. The molecule has 0 spiro atoms. The Balaban J connectivity index is 2.71. The molecule has 3 heteroatoms. The molecular formula is C14H19NO2. The van der Waals surface area contributed by atoms with E-state index >= 15 is 0 Å². The van der Waals surface area contributed by atoms with Crippen molar-refractivity contribution in [3.05, 3.63) is 48.6 Å². The first-order chi connectivity index (χ1) is 8.13. The quantitative estimate of drug-likeness (QED) is 0.558. The summed E-state index contributed by atoms with van der Waals surface area (Å²) in [7, 11) is 3.99. The summed E-state index contributed by atoms with van der Waals surface area (Å²) in [5.74, 6) is -0.377. The molecule has 1 rings (SSSR count). The van der Waals surface area contributed by atoms with Gasteiger partial charge in [0.1, 0.15) is 6.10 Å². The lowest BCUT2D eigenvalue weighted by atomic mass is 10.1. The SMILES string of the molecule is C=CC(=O)OC(CCN(C)C)c1ccccc1. The predicted molar refractivity (Wildman–Crippen MR) is 68.6 cm³/mol. The van der Waals surface area contributed by atoms with E-state index in [-0.39, 0.29) is 12.1 Å². The minimum absolute atomic E-state index is 0.205. The zero-order valence-corrected chi connectivity index (χ0v) is 10.4. The topological polar surface area (TPSA) is 29.5 Å². The Morgan fingerprint density at radius 3 is 2.59 bits per heavy atom. The Morgan fingerprint density at radius 1 is 1.41 bits per heavy atom. The Hall–Kier alpha value is -1.61. The molecule has 1 unspecified atom stereocenters. The van der Waals surface area contributed by atoms with Crippen LogP contribution in [0.5, 0.6) is 0 Å². The second-order valence-electron chi connectivity index (χ2n) is 4.13. The van der Waals surface area contributed by atoms with Crippen LogP contribution in [0.4, 0.5) is 0 Å². The van der Waals surface area contributed by atoms with Gasteiger partial charge in [0.2, 0.25) is 0 Å². The first-order valence-electron chi connectivity index (χ1n) is 5.66. The van der Waals surface area contributed by atoms with Crippen LogP contribution in [-0.2, 0) is 9.53 Å². The largest absolute Gasteiger partial charge is 0.454 e. The van der Waals surface area contributed by atoms with Gasteiger partial charge in [0, 0.05) is 19.0 Å². The summed E-state index contributed by atoms with van der Waals surface area (Å²) in [6, 6.07) is 9.77. The minimum atomic E-state index is -0.377. The van der Waals surface area contributed by atoms with Crippen LogP contribution in [0.3, 0.4) is 0 Å². The third-order valence-electron chi connectivity index (χ3n) is 2.43. The van der Waals surface area contributed by atoms with Gasteiger partial charge in [0.15, 0.2) is 0 Å². The van der Waals surface area contributed by atoms with Crippen molar-refractivity contribution in [2.45, 2.75) is 12.5 Å². The average Bonchev–Trinajstić information content (AvgIpc) is 2.35. The van der Waals surface area contributed by atoms with Gasteiger partial charge in [0.25, 0.3) is 0 Å². The fraction of sp³-hybridized carbons (Fsp3) is 0.357. The molecule has 0 aromatic heterocycles. The molecule has 0 fully saturated rings. The van der Waals surface area contributed by atoms with Crippen molar-refractivity contribution in [3.8, 4) is 0 Å². The Labute approximate surface area is 103 Å². The molecule has 1 aromatic carbocycles. The standard InChI is InChI=1S/C14H19NO2/c1-4-14(16)17-13(10-11-15(2)3)12-8-6-5-7-9-12/h4-9,13H,1,10-11H2,2-3H3. The number of carbonyl (C=O) groups excluding carboxylic acids is 1. The molecule has 0 radical (unpaired) electrons. The Bertz CT molecular complexity index is 360. The van der Waals surface area contributed by atoms with E-state index in [9.17, 15) is 4.79 Å². The lowest BCUT2D eigenvalue weighted by Gasteiger charge is -2.19. The normalized spacial score (nSPS) is 12.2. The molecule has 3 nitrogen and oxygen atoms in total. The van der Waals surface area contributed by atoms with Gasteiger partial charge in [-0.2, -0.15) is 0 Å². The van der Waals surface area contributed by atoms with Crippen LogP contribution < -0.4 is 0 Å². The summed E-state index contributed by atoms with van der Waals surface area (Å²) in [4.78, 5) is 13.4. The van der Waals surface area contributed by atoms with Crippen LogP contribution in [0.15, 0.2) is 43.0 Å². The van der Waals surface area contributed by atoms with Crippen LogP contribution in [-0.4, -0.2) is 31.5 Å². The van der Waals surface area contributed by atoms with Crippen LogP contribution in [0.1, 0.15) is 18.1 Å². The predicted octanol–water partition coefficient (Wildman–Crippen LogP) is 2.41. The summed E-state index contributed by atoms with van der Waals surface area (Å²) >= 11 is 0. The van der Waals surface area contributed by atoms with E-state index < -0.39 is 0 Å². The molecular weight excluding hydrogens is 214 g/mol. The van der Waals surface area contributed by atoms with Crippen molar-refractivity contribution < 1.29 is 9.53 Å². The zero-order valence-electron chi connectivity index (χ0n) is 10.4. The molecule has 0 aliphatic rings. The lowest BCUT2D eigenvalue weighted by molar-refractivity contribution is -0.143. The molecule has 17 heavy (non-hydrogen) atoms. The van der Waals surface area contributed by atoms with E-state index in [2.05, 4.69) is 11.5 Å². The monoisotopic (exact) mass is 233 g/mol. The maximum absolute atomic E-state index is 11.3. The summed E-state index contributed by atoms with van der Waals surface area (Å²) in [5.41, 5.74) is 1.02. The number of hydrogen-bond donors (Lipinski definition) is 0. The number of hydrogen-bond acceptors (Lipinski definition) is 3. The third-order valence-corrected chi connectivity index (χ3v) is 2.43. The summed E-state index contributed by atoms with van der Waals surface area (Å²) in [6.45, 7) is 4.28. The van der Waals surface area contributed by atoms with Crippen molar-refractivity contribution in [1.82, 2.24) is 4.90 Å². The molecule has 0 bridgehead atoms. The average molecular weight is 233 g/mol. The van der Waals surface area contributed by atoms with E-state index in [4.69, 9.17) is 4.74 Å². The lowest BCUT2D eigenvalue weighted by Crippen LogP contribution is -2.18. The summed E-state index contributed by atoms with van der Waals surface area (Å²) < 4.78 is 5.35. The Morgan fingerprint density at radius 2 is 2.06 bits per heavy atom. The van der Waals surface area contributed by atoms with Crippen LogP contribution >= 0.6 is 0 Å². The van der Waals surface area contributed by atoms with Crippen LogP contribution in [0.2, 0.25) is 0 Å². The highest BCUT2D eigenvalue weighted by molar-refractivity contribution is 5.81. The molecule has 1 aromatic rings. The summed E-state index contributed by atoms with van der Waals surface area (Å²) in [5, 5.41) is 0. The fourth-order valence-electron chi connectivity index (χ4n) is 1.53. The summed E-state index contributed by atoms with van der Waals surface area (Å²) in [6.07, 6.45) is 1.77. The van der Waals surface area contributed by atoms with E-state index in [1.165, 1.54) is 6.08 Å². The van der Waals surface area contributed by atoms with E-state index in [0.717, 1.165) is 18.5 Å². The molecule has 0 heterocycles. The Kier molecular flexibility index (Phi) is 5.43. The first-order valence-corrected chi connectivity index (χ1v) is 5.66. The highest BCUT2D eigenvalue weighted by atomic mass is 16.5. The van der Waals surface area contributed by atoms with Crippen LogP contribution in [0, 0.1) is 0 Å². The van der Waals surface area contributed by atoms with Crippen molar-refractivity contribution in [2.75, 3.05) is 20.6 Å². The van der Waals surface area contributed by atoms with E-state index in [0.29, 0.717) is 0 Å². The molecule has 0 aliphatic heterocycles. The number of benzene rings is 1. The number of rotatable bonds is 6. The maximum atomic E-state index is 11.3. The van der Waals surface area contributed by atoms with Crippen LogP contribution in [0.25, 0.3) is 0 Å². The van der Waals surface area contributed by atoms with Gasteiger partial charge in [-0.3, -0.25) is 0 Å². The van der Waals surface area contributed by atoms with Gasteiger partial charge in [-0.05, 0) is 19.7 Å². The highest BCUT2D eigenvalue weighted by Crippen LogP contribution is 2.21. The zero-order chi connectivity index (χ0) is 12.7. The number of esters is 1. The van der Waals surface area contributed by atoms with Gasteiger partial charge in [-0.15, -0.1) is 0 Å². The van der Waals surface area contributed by atoms with Gasteiger partial charge < -0.3 is 9.64 Å². The minimum Gasteiger partial charge on any atom is -0.454 e. The fourth-order valence-corrected chi connectivity index (χ4v) is 1.53. The molecule has 0 saturated heterocycles. The smallest absolute Gasteiger partial charge is 0.330 e. The maximum Gasteiger partial charge on any atom is 0.330 e. The molecule has 92 valence electrons. The van der Waals surface area contributed by atoms with Crippen molar-refractivity contribution in [3.63, 3.8) is 0 Å². The molecule has 0 amide bonds.